The number of rotatable bonds is 6. The van der Waals surface area contributed by atoms with Crippen molar-refractivity contribution in [1.82, 2.24) is 9.88 Å². The molecule has 0 radical (unpaired) electrons. The molecule has 4 aromatic rings. The van der Waals surface area contributed by atoms with E-state index < -0.39 is 24.3 Å². The van der Waals surface area contributed by atoms with Crippen molar-refractivity contribution in [2.75, 3.05) is 18.5 Å². The number of amides is 3. The standard InChI is InChI=1S/C28H19Br2Cl2N3O4/c1-14-9-17-19(29)10-20(30)26(25(17)33-11-14)39-13-18-21(31)7-8-22(24(18)32)34(2)23(36)12-35-27(37)15-5-3-4-6-16(15)28(35)38/h3-11H,12-13H2,1-2H3. The molecular formula is C28H19Br2Cl2N3O4. The maximum Gasteiger partial charge on any atom is 0.262 e. The third-order valence-corrected chi connectivity index (χ3v) is 8.42. The van der Waals surface area contributed by atoms with Gasteiger partial charge in [0, 0.05) is 33.7 Å². The number of ether oxygens (including phenoxy) is 1. The van der Waals surface area contributed by atoms with E-state index in [2.05, 4.69) is 36.8 Å². The van der Waals surface area contributed by atoms with E-state index in [9.17, 15) is 14.4 Å². The summed E-state index contributed by atoms with van der Waals surface area (Å²) in [5, 5.41) is 1.45. The monoisotopic (exact) mass is 689 g/mol. The van der Waals surface area contributed by atoms with Crippen LogP contribution in [-0.4, -0.2) is 41.2 Å². The number of fused-ring (bicyclic) bond motifs is 2. The normalized spacial score (nSPS) is 12.7. The molecule has 0 spiro atoms. The van der Waals surface area contributed by atoms with Gasteiger partial charge >= 0.3 is 0 Å². The lowest BCUT2D eigenvalue weighted by atomic mass is 10.1. The Labute approximate surface area is 250 Å². The summed E-state index contributed by atoms with van der Waals surface area (Å²) in [4.78, 5) is 45.3. The Morgan fingerprint density at radius 2 is 1.69 bits per heavy atom. The summed E-state index contributed by atoms with van der Waals surface area (Å²) in [6, 6.07) is 13.6. The predicted molar refractivity (Wildman–Crippen MR) is 158 cm³/mol. The number of benzene rings is 3. The first kappa shape index (κ1) is 27.6. The van der Waals surface area contributed by atoms with Crippen molar-refractivity contribution in [2.24, 2.45) is 0 Å². The number of likely N-dealkylation sites (N-methyl/N-ethyl adjacent to an activating group) is 1. The van der Waals surface area contributed by atoms with Gasteiger partial charge in [0.1, 0.15) is 18.7 Å². The Morgan fingerprint density at radius 3 is 2.36 bits per heavy atom. The van der Waals surface area contributed by atoms with E-state index in [4.69, 9.17) is 27.9 Å². The lowest BCUT2D eigenvalue weighted by Gasteiger charge is -2.23. The lowest BCUT2D eigenvalue weighted by molar-refractivity contribution is -0.118. The Morgan fingerprint density at radius 1 is 1.03 bits per heavy atom. The molecule has 2 heterocycles. The molecule has 0 saturated carbocycles. The zero-order valence-electron chi connectivity index (χ0n) is 20.6. The quantitative estimate of drug-likeness (QED) is 0.200. The van der Waals surface area contributed by atoms with Crippen molar-refractivity contribution in [3.05, 3.63) is 96.0 Å². The van der Waals surface area contributed by atoms with E-state index in [1.54, 1.807) is 42.6 Å². The minimum Gasteiger partial charge on any atom is -0.485 e. The highest BCUT2D eigenvalue weighted by molar-refractivity contribution is 9.11. The van der Waals surface area contributed by atoms with Gasteiger partial charge in [-0.15, -0.1) is 0 Å². The van der Waals surface area contributed by atoms with Crippen LogP contribution in [0.2, 0.25) is 10.0 Å². The molecule has 0 unspecified atom stereocenters. The van der Waals surface area contributed by atoms with E-state index in [0.29, 0.717) is 32.0 Å². The number of aromatic nitrogens is 1. The number of pyridine rings is 1. The molecule has 1 aromatic heterocycles. The molecule has 0 atom stereocenters. The van der Waals surface area contributed by atoms with Crippen molar-refractivity contribution < 1.29 is 19.1 Å². The summed E-state index contributed by atoms with van der Waals surface area (Å²) < 4.78 is 7.71. The Hall–Kier alpha value is -2.98. The first-order valence-corrected chi connectivity index (χ1v) is 14.0. The van der Waals surface area contributed by atoms with Gasteiger partial charge in [0.25, 0.3) is 11.8 Å². The number of carbonyl (C=O) groups excluding carboxylic acids is 3. The molecule has 0 saturated heterocycles. The summed E-state index contributed by atoms with van der Waals surface area (Å²) in [6.45, 7) is 1.52. The fourth-order valence-electron chi connectivity index (χ4n) is 4.32. The molecule has 0 bridgehead atoms. The largest absolute Gasteiger partial charge is 0.485 e. The minimum absolute atomic E-state index is 0.00314. The van der Waals surface area contributed by atoms with E-state index in [1.807, 2.05) is 19.1 Å². The highest BCUT2D eigenvalue weighted by Crippen LogP contribution is 2.40. The van der Waals surface area contributed by atoms with Crippen LogP contribution in [0.1, 0.15) is 31.8 Å². The fraction of sp³-hybridized carbons (Fsp3) is 0.143. The Balaban J connectivity index is 1.39. The molecule has 3 aromatic carbocycles. The van der Waals surface area contributed by atoms with Gasteiger partial charge < -0.3 is 9.64 Å². The number of halogens is 4. The number of hydrogen-bond acceptors (Lipinski definition) is 5. The maximum absolute atomic E-state index is 13.2. The molecule has 0 aliphatic carbocycles. The van der Waals surface area contributed by atoms with Crippen molar-refractivity contribution in [2.45, 2.75) is 13.5 Å². The second-order valence-corrected chi connectivity index (χ2v) is 11.4. The molecule has 1 aliphatic heterocycles. The minimum atomic E-state index is -0.509. The molecule has 7 nitrogen and oxygen atoms in total. The van der Waals surface area contributed by atoms with Gasteiger partial charge in [0.05, 0.1) is 26.3 Å². The maximum atomic E-state index is 13.2. The van der Waals surface area contributed by atoms with Crippen LogP contribution in [0.4, 0.5) is 5.69 Å². The molecule has 198 valence electrons. The summed E-state index contributed by atoms with van der Waals surface area (Å²) >= 11 is 20.3. The third kappa shape index (κ3) is 5.04. The third-order valence-electron chi connectivity index (χ3n) is 6.40. The Kier molecular flexibility index (Phi) is 7.70. The van der Waals surface area contributed by atoms with Crippen LogP contribution >= 0.6 is 55.1 Å². The Bertz CT molecular complexity index is 1660. The molecule has 5 rings (SSSR count). The van der Waals surface area contributed by atoms with Gasteiger partial charge in [-0.25, -0.2) is 0 Å². The zero-order chi connectivity index (χ0) is 28.0. The van der Waals surface area contributed by atoms with Crippen molar-refractivity contribution >= 4 is 89.4 Å². The van der Waals surface area contributed by atoms with Gasteiger partial charge in [0.15, 0.2) is 5.75 Å². The van der Waals surface area contributed by atoms with E-state index in [-0.39, 0.29) is 22.8 Å². The van der Waals surface area contributed by atoms with Gasteiger partial charge in [0.2, 0.25) is 5.91 Å². The number of anilines is 1. The topological polar surface area (TPSA) is 79.8 Å². The molecular weight excluding hydrogens is 673 g/mol. The van der Waals surface area contributed by atoms with Crippen LogP contribution in [0.15, 0.2) is 63.7 Å². The van der Waals surface area contributed by atoms with Gasteiger partial charge in [-0.1, -0.05) is 51.3 Å². The smallest absolute Gasteiger partial charge is 0.262 e. The van der Waals surface area contributed by atoms with Crippen molar-refractivity contribution in [1.29, 1.82) is 0 Å². The molecule has 1 aliphatic rings. The van der Waals surface area contributed by atoms with Crippen LogP contribution in [-0.2, 0) is 11.4 Å². The van der Waals surface area contributed by atoms with Crippen LogP contribution < -0.4 is 9.64 Å². The summed E-state index contributed by atoms with van der Waals surface area (Å²) in [5.41, 5.74) is 3.03. The second kappa shape index (κ2) is 10.9. The van der Waals surface area contributed by atoms with Crippen LogP contribution in [0, 0.1) is 6.92 Å². The van der Waals surface area contributed by atoms with Crippen molar-refractivity contribution in [3.63, 3.8) is 0 Å². The first-order valence-electron chi connectivity index (χ1n) is 11.6. The highest BCUT2D eigenvalue weighted by atomic mass is 79.9. The second-order valence-electron chi connectivity index (χ2n) is 8.92. The molecule has 0 N–H and O–H groups in total. The SMILES string of the molecule is Cc1cnc2c(OCc3c(Cl)ccc(N(C)C(=O)CN4C(=O)c5ccccc5C4=O)c3Cl)c(Br)cc(Br)c2c1. The number of carbonyl (C=O) groups is 3. The van der Waals surface area contributed by atoms with E-state index >= 15 is 0 Å². The lowest BCUT2D eigenvalue weighted by Crippen LogP contribution is -2.41. The average molecular weight is 692 g/mol. The summed E-state index contributed by atoms with van der Waals surface area (Å²) in [5.74, 6) is -1.00. The number of imide groups is 1. The van der Waals surface area contributed by atoms with E-state index in [1.165, 1.54) is 11.9 Å². The predicted octanol–water partition coefficient (Wildman–Crippen LogP) is 7.21. The fourth-order valence-corrected chi connectivity index (χ4v) is 6.29. The molecule has 3 amide bonds. The summed E-state index contributed by atoms with van der Waals surface area (Å²) in [6.07, 6.45) is 1.75. The van der Waals surface area contributed by atoms with Crippen LogP contribution in [0.3, 0.4) is 0 Å². The highest BCUT2D eigenvalue weighted by Gasteiger charge is 2.37. The van der Waals surface area contributed by atoms with E-state index in [0.717, 1.165) is 20.3 Å². The van der Waals surface area contributed by atoms with Crippen molar-refractivity contribution in [3.8, 4) is 5.75 Å². The number of hydrogen-bond donors (Lipinski definition) is 0. The molecule has 39 heavy (non-hydrogen) atoms. The van der Waals surface area contributed by atoms with Crippen LogP contribution in [0.5, 0.6) is 5.75 Å². The molecule has 11 heteroatoms. The average Bonchev–Trinajstić information content (AvgIpc) is 3.15. The summed E-state index contributed by atoms with van der Waals surface area (Å²) in [7, 11) is 1.52. The number of aryl methyl sites for hydroxylation is 1. The molecule has 0 fully saturated rings. The zero-order valence-corrected chi connectivity index (χ0v) is 25.3. The van der Waals surface area contributed by atoms with Crippen LogP contribution in [0.25, 0.3) is 10.9 Å². The first-order chi connectivity index (χ1) is 18.6. The van der Waals surface area contributed by atoms with Gasteiger partial charge in [-0.05, 0) is 64.8 Å². The van der Waals surface area contributed by atoms with Gasteiger partial charge in [-0.3, -0.25) is 24.3 Å². The number of nitrogens with zero attached hydrogens (tertiary/aromatic N) is 3. The van der Waals surface area contributed by atoms with Gasteiger partial charge in [-0.2, -0.15) is 0 Å².